The van der Waals surface area contributed by atoms with Crippen LogP contribution in [-0.2, 0) is 21.8 Å². The van der Waals surface area contributed by atoms with E-state index in [1.165, 1.54) is 5.56 Å². The second kappa shape index (κ2) is 10.0. The minimum Gasteiger partial charge on any atom is -0.479 e. The lowest BCUT2D eigenvalue weighted by atomic mass is 9.88. The fourth-order valence-electron chi connectivity index (χ4n) is 2.73. The van der Waals surface area contributed by atoms with Crippen LogP contribution in [0.5, 0.6) is 0 Å². The molecule has 0 aliphatic heterocycles. The molecule has 0 aliphatic rings. The molecule has 150 valence electrons. The normalized spacial score (nSPS) is 13.5. The quantitative estimate of drug-likeness (QED) is 0.510. The van der Waals surface area contributed by atoms with Crippen molar-refractivity contribution in [1.29, 1.82) is 0 Å². The van der Waals surface area contributed by atoms with Gasteiger partial charge in [-0.05, 0) is 11.1 Å². The molecule has 0 spiro atoms. The number of nitrogens with one attached hydrogen (secondary N) is 1. The van der Waals surface area contributed by atoms with Crippen LogP contribution in [0, 0.1) is 5.41 Å². The van der Waals surface area contributed by atoms with E-state index < -0.39 is 16.9 Å². The van der Waals surface area contributed by atoms with Gasteiger partial charge in [0.05, 0.1) is 5.41 Å². The monoisotopic (exact) mass is 417 g/mol. The van der Waals surface area contributed by atoms with Crippen LogP contribution in [0.25, 0.3) is 0 Å². The van der Waals surface area contributed by atoms with Crippen molar-refractivity contribution < 1.29 is 14.7 Å². The average Bonchev–Trinajstić information content (AvgIpc) is 2.68. The van der Waals surface area contributed by atoms with Crippen LogP contribution in [0.4, 0.5) is 0 Å². The van der Waals surface area contributed by atoms with E-state index in [9.17, 15) is 14.7 Å². The number of thiol groups is 1. The summed E-state index contributed by atoms with van der Waals surface area (Å²) in [5.41, 5.74) is -0.110. The third-order valence-corrected chi connectivity index (χ3v) is 6.57. The van der Waals surface area contributed by atoms with Crippen LogP contribution in [0.2, 0.25) is 0 Å². The Morgan fingerprint density at radius 3 is 2.04 bits per heavy atom. The molecule has 2 aromatic carbocycles. The zero-order valence-electron chi connectivity index (χ0n) is 16.2. The average molecular weight is 418 g/mol. The third-order valence-electron chi connectivity index (χ3n) is 4.57. The van der Waals surface area contributed by atoms with Crippen molar-refractivity contribution in [3.63, 3.8) is 0 Å². The summed E-state index contributed by atoms with van der Waals surface area (Å²) in [6.07, 6.45) is 0.186. The van der Waals surface area contributed by atoms with Gasteiger partial charge in [0.15, 0.2) is 5.54 Å². The molecular weight excluding hydrogens is 390 g/mol. The van der Waals surface area contributed by atoms with Crippen molar-refractivity contribution in [2.75, 3.05) is 11.5 Å². The molecule has 6 heteroatoms. The summed E-state index contributed by atoms with van der Waals surface area (Å²) in [7, 11) is 0. The Labute approximate surface area is 176 Å². The molecule has 0 unspecified atom stereocenters. The lowest BCUT2D eigenvalue weighted by Crippen LogP contribution is -2.60. The fraction of sp³-hybridized carbons (Fsp3) is 0.364. The number of carboxylic acids is 1. The molecule has 1 amide bonds. The van der Waals surface area contributed by atoms with Gasteiger partial charge in [-0.2, -0.15) is 24.4 Å². The molecule has 28 heavy (non-hydrogen) atoms. The third kappa shape index (κ3) is 6.04. The Morgan fingerprint density at radius 2 is 1.54 bits per heavy atom. The van der Waals surface area contributed by atoms with E-state index >= 15 is 0 Å². The standard InChI is InChI=1S/C22H27NO3S2/c1-21(2,16-28-14-18-11-7-4-8-12-18)19(24)23-22(15-27,20(25)26)13-17-9-5-3-6-10-17/h3-12,27H,13-16H2,1-2H3,(H,23,24)(H,25,26)/t22-/m1/s1. The summed E-state index contributed by atoms with van der Waals surface area (Å²) in [6, 6.07) is 19.4. The lowest BCUT2D eigenvalue weighted by Gasteiger charge is -2.33. The van der Waals surface area contributed by atoms with Gasteiger partial charge in [-0.25, -0.2) is 4.79 Å². The van der Waals surface area contributed by atoms with Gasteiger partial charge in [-0.15, -0.1) is 0 Å². The Balaban J connectivity index is 2.05. The highest BCUT2D eigenvalue weighted by molar-refractivity contribution is 7.98. The maximum Gasteiger partial charge on any atom is 0.330 e. The Morgan fingerprint density at radius 1 is 1.00 bits per heavy atom. The SMILES string of the molecule is CC(C)(CSCc1ccccc1)C(=O)N[C@@](CS)(Cc1ccccc1)C(=O)O. The van der Waals surface area contributed by atoms with Crippen molar-refractivity contribution >= 4 is 36.3 Å². The number of benzene rings is 2. The molecule has 0 saturated heterocycles. The van der Waals surface area contributed by atoms with E-state index in [0.717, 1.165) is 11.3 Å². The maximum absolute atomic E-state index is 13.0. The highest BCUT2D eigenvalue weighted by atomic mass is 32.2. The maximum atomic E-state index is 13.0. The second-order valence-electron chi connectivity index (χ2n) is 7.52. The topological polar surface area (TPSA) is 66.4 Å². The number of rotatable bonds is 10. The minimum atomic E-state index is -1.44. The summed E-state index contributed by atoms with van der Waals surface area (Å²) < 4.78 is 0. The number of hydrogen-bond acceptors (Lipinski definition) is 4. The molecule has 2 aromatic rings. The molecule has 0 heterocycles. The minimum absolute atomic E-state index is 0.0101. The Kier molecular flexibility index (Phi) is 8.01. The highest BCUT2D eigenvalue weighted by Crippen LogP contribution is 2.27. The van der Waals surface area contributed by atoms with Crippen LogP contribution in [0.1, 0.15) is 25.0 Å². The van der Waals surface area contributed by atoms with Crippen LogP contribution >= 0.6 is 24.4 Å². The first-order valence-corrected chi connectivity index (χ1v) is 10.9. The molecule has 0 radical (unpaired) electrons. The first-order valence-electron chi connectivity index (χ1n) is 9.11. The van der Waals surface area contributed by atoms with Gasteiger partial charge in [0, 0.05) is 23.7 Å². The van der Waals surface area contributed by atoms with Gasteiger partial charge in [-0.3, -0.25) is 4.79 Å². The van der Waals surface area contributed by atoms with Crippen molar-refractivity contribution in [2.45, 2.75) is 31.6 Å². The molecule has 0 aromatic heterocycles. The number of amides is 1. The largest absolute Gasteiger partial charge is 0.479 e. The summed E-state index contributed by atoms with van der Waals surface area (Å²) >= 11 is 5.92. The van der Waals surface area contributed by atoms with Gasteiger partial charge < -0.3 is 10.4 Å². The molecule has 1 atom stereocenters. The predicted molar refractivity (Wildman–Crippen MR) is 119 cm³/mol. The highest BCUT2D eigenvalue weighted by Gasteiger charge is 2.42. The van der Waals surface area contributed by atoms with Crippen LogP contribution in [0.15, 0.2) is 60.7 Å². The van der Waals surface area contributed by atoms with Gasteiger partial charge in [0.2, 0.25) is 5.91 Å². The summed E-state index contributed by atoms with van der Waals surface area (Å²) in [4.78, 5) is 25.0. The zero-order valence-corrected chi connectivity index (χ0v) is 17.9. The smallest absolute Gasteiger partial charge is 0.330 e. The molecule has 4 nitrogen and oxygen atoms in total. The molecule has 0 bridgehead atoms. The van der Waals surface area contributed by atoms with E-state index in [2.05, 4.69) is 30.1 Å². The van der Waals surface area contributed by atoms with Crippen LogP contribution in [0.3, 0.4) is 0 Å². The Hall–Kier alpha value is -1.92. The van der Waals surface area contributed by atoms with E-state index in [1.807, 2.05) is 62.4 Å². The van der Waals surface area contributed by atoms with E-state index in [0.29, 0.717) is 5.75 Å². The number of aliphatic carboxylic acids is 1. The lowest BCUT2D eigenvalue weighted by molar-refractivity contribution is -0.148. The van der Waals surface area contributed by atoms with Crippen LogP contribution in [-0.4, -0.2) is 34.0 Å². The molecule has 0 aliphatic carbocycles. The molecule has 2 N–H and O–H groups in total. The van der Waals surface area contributed by atoms with Gasteiger partial charge in [-0.1, -0.05) is 74.5 Å². The van der Waals surface area contributed by atoms with E-state index in [1.54, 1.807) is 11.8 Å². The van der Waals surface area contributed by atoms with Crippen molar-refractivity contribution in [1.82, 2.24) is 5.32 Å². The summed E-state index contributed by atoms with van der Waals surface area (Å²) in [5, 5.41) is 12.6. The van der Waals surface area contributed by atoms with Gasteiger partial charge >= 0.3 is 5.97 Å². The summed E-state index contributed by atoms with van der Waals surface area (Å²) in [5.74, 6) is 0.0447. The number of hydrogen-bond donors (Lipinski definition) is 3. The Bertz CT molecular complexity index is 781. The van der Waals surface area contributed by atoms with E-state index in [-0.39, 0.29) is 18.1 Å². The molecule has 0 fully saturated rings. The van der Waals surface area contributed by atoms with E-state index in [4.69, 9.17) is 0 Å². The first-order chi connectivity index (χ1) is 13.3. The molecule has 0 saturated carbocycles. The zero-order chi connectivity index (χ0) is 20.6. The van der Waals surface area contributed by atoms with Gasteiger partial charge in [0.25, 0.3) is 0 Å². The summed E-state index contributed by atoms with van der Waals surface area (Å²) in [6.45, 7) is 3.68. The van der Waals surface area contributed by atoms with Crippen molar-refractivity contribution in [2.24, 2.45) is 5.41 Å². The predicted octanol–water partition coefficient (Wildman–Crippen LogP) is 4.06. The second-order valence-corrected chi connectivity index (χ2v) is 8.83. The number of carboxylic acid groups (broad SMARTS) is 1. The first kappa shape index (κ1) is 22.4. The van der Waals surface area contributed by atoms with Crippen molar-refractivity contribution in [3.8, 4) is 0 Å². The van der Waals surface area contributed by atoms with Crippen LogP contribution < -0.4 is 5.32 Å². The number of carbonyl (C=O) groups is 2. The van der Waals surface area contributed by atoms with Gasteiger partial charge in [0.1, 0.15) is 0 Å². The number of thioether (sulfide) groups is 1. The molecular formula is C22H27NO3S2. The fourth-order valence-corrected chi connectivity index (χ4v) is 4.23. The molecule has 2 rings (SSSR count). The number of carbonyl (C=O) groups excluding carboxylic acids is 1. The van der Waals surface area contributed by atoms with Crippen molar-refractivity contribution in [3.05, 3.63) is 71.8 Å².